The lowest BCUT2D eigenvalue weighted by Gasteiger charge is -2.33. The van der Waals surface area contributed by atoms with E-state index in [1.165, 1.54) is 9.80 Å². The minimum absolute atomic E-state index is 0.0909. The molecule has 2 aromatic rings. The Hall–Kier alpha value is -2.84. The van der Waals surface area contributed by atoms with Gasteiger partial charge >= 0.3 is 0 Å². The molecule has 8 heteroatoms. The molecule has 0 unspecified atom stereocenters. The van der Waals surface area contributed by atoms with Gasteiger partial charge in [0.05, 0.1) is 30.0 Å². The second-order valence-electron chi connectivity index (χ2n) is 7.32. The van der Waals surface area contributed by atoms with Crippen molar-refractivity contribution in [1.82, 2.24) is 14.8 Å². The quantitative estimate of drug-likeness (QED) is 0.790. The number of pyridine rings is 1. The van der Waals surface area contributed by atoms with Gasteiger partial charge in [-0.3, -0.25) is 19.4 Å². The molecule has 2 aliphatic rings. The molecule has 0 bridgehead atoms. The number of carbonyl (C=O) groups excluding carboxylic acids is 2. The van der Waals surface area contributed by atoms with Crippen molar-refractivity contribution in [3.8, 4) is 0 Å². The monoisotopic (exact) mass is 396 g/mol. The van der Waals surface area contributed by atoms with Crippen molar-refractivity contribution in [2.75, 3.05) is 62.8 Å². The number of piperazine rings is 1. The summed E-state index contributed by atoms with van der Waals surface area (Å²) in [5.74, 6) is -0.127. The van der Waals surface area contributed by atoms with E-state index in [2.05, 4.69) is 21.8 Å². The van der Waals surface area contributed by atoms with Gasteiger partial charge < -0.3 is 9.80 Å². The van der Waals surface area contributed by atoms with Crippen LogP contribution in [0.25, 0.3) is 0 Å². The number of rotatable bonds is 4. The first-order valence-corrected chi connectivity index (χ1v) is 9.76. The van der Waals surface area contributed by atoms with E-state index in [1.54, 1.807) is 42.6 Å². The molecule has 3 heterocycles. The number of fused-ring (bicyclic) bond motifs is 2. The van der Waals surface area contributed by atoms with Crippen LogP contribution in [0.2, 0.25) is 0 Å². The summed E-state index contributed by atoms with van der Waals surface area (Å²) in [5, 5.41) is 0. The summed E-state index contributed by atoms with van der Waals surface area (Å²) in [5.41, 5.74) is 1.29. The zero-order valence-corrected chi connectivity index (χ0v) is 16.4. The van der Waals surface area contributed by atoms with Crippen molar-refractivity contribution in [3.63, 3.8) is 0 Å². The van der Waals surface area contributed by atoms with Gasteiger partial charge in [-0.05, 0) is 31.3 Å². The Morgan fingerprint density at radius 1 is 1.07 bits per heavy atom. The number of aromatic nitrogens is 1. The van der Waals surface area contributed by atoms with Gasteiger partial charge in [-0.15, -0.1) is 0 Å². The van der Waals surface area contributed by atoms with Crippen LogP contribution in [0.5, 0.6) is 0 Å². The molecular weight excluding hydrogens is 372 g/mol. The number of hydrogen-bond donors (Lipinski definition) is 0. The van der Waals surface area contributed by atoms with Crippen LogP contribution < -0.4 is 9.80 Å². The Kier molecular flexibility index (Phi) is 5.55. The maximum atomic E-state index is 13.4. The Balaban J connectivity index is 1.76. The maximum Gasteiger partial charge on any atom is 0.260 e. The first kappa shape index (κ1) is 19.5. The summed E-state index contributed by atoms with van der Waals surface area (Å²) in [4.78, 5) is 38.2. The third kappa shape index (κ3) is 3.73. The first-order valence-electron chi connectivity index (χ1n) is 9.76. The first-order chi connectivity index (χ1) is 14.1. The summed E-state index contributed by atoms with van der Waals surface area (Å²) in [6.45, 7) is 2.88. The van der Waals surface area contributed by atoms with E-state index in [1.807, 2.05) is 0 Å². The minimum Gasteiger partial charge on any atom is -0.304 e. The van der Waals surface area contributed by atoms with Gasteiger partial charge in [-0.25, -0.2) is 9.37 Å². The number of carbonyl (C=O) groups is 2. The van der Waals surface area contributed by atoms with Gasteiger partial charge in [-0.2, -0.15) is 0 Å². The average Bonchev–Trinajstić information content (AvgIpc) is 2.84. The van der Waals surface area contributed by atoms with Gasteiger partial charge in [0.1, 0.15) is 6.67 Å². The smallest absolute Gasteiger partial charge is 0.260 e. The summed E-state index contributed by atoms with van der Waals surface area (Å²) < 4.78 is 13.2. The Morgan fingerprint density at radius 2 is 1.79 bits per heavy atom. The van der Waals surface area contributed by atoms with Crippen LogP contribution in [-0.2, 0) is 4.79 Å². The molecule has 2 aliphatic heterocycles. The summed E-state index contributed by atoms with van der Waals surface area (Å²) in [6.07, 6.45) is 1.58. The number of nitrogens with zero attached hydrogens (tertiary/aromatic N) is 5. The zero-order valence-electron chi connectivity index (χ0n) is 16.4. The lowest BCUT2D eigenvalue weighted by Crippen LogP contribution is -2.48. The van der Waals surface area contributed by atoms with Crippen LogP contribution in [0.4, 0.5) is 21.6 Å². The van der Waals surface area contributed by atoms with Crippen LogP contribution in [0, 0.1) is 0 Å². The van der Waals surface area contributed by atoms with Crippen molar-refractivity contribution < 1.29 is 14.0 Å². The topological polar surface area (TPSA) is 60.0 Å². The second-order valence-corrected chi connectivity index (χ2v) is 7.32. The summed E-state index contributed by atoms with van der Waals surface area (Å²) >= 11 is 0. The van der Waals surface area contributed by atoms with Crippen molar-refractivity contribution in [3.05, 3.63) is 48.2 Å². The fourth-order valence-electron chi connectivity index (χ4n) is 3.82. The number of alkyl halides is 1. The highest BCUT2D eigenvalue weighted by atomic mass is 18.2. The predicted octanol–water partition coefficient (Wildman–Crippen LogP) is 1.92. The SMILES string of the molecule is CN1CCN(CC(=O)N2c3ccccc3C(=O)N(CC[18F])c3cccnc32)CC1. The van der Waals surface area contributed by atoms with Crippen LogP contribution in [0.1, 0.15) is 10.4 Å². The van der Waals surface area contributed by atoms with Crippen LogP contribution in [-0.4, -0.2) is 79.6 Å². The molecule has 1 fully saturated rings. The number of halogens is 1. The van der Waals surface area contributed by atoms with Gasteiger partial charge in [0.25, 0.3) is 5.91 Å². The highest BCUT2D eigenvalue weighted by Gasteiger charge is 2.35. The highest BCUT2D eigenvalue weighted by molar-refractivity contribution is 6.18. The largest absolute Gasteiger partial charge is 0.304 e. The van der Waals surface area contributed by atoms with Gasteiger partial charge in [0.2, 0.25) is 5.91 Å². The van der Waals surface area contributed by atoms with E-state index in [4.69, 9.17) is 0 Å². The zero-order chi connectivity index (χ0) is 20.4. The Bertz CT molecular complexity index is 913. The van der Waals surface area contributed by atoms with E-state index in [0.717, 1.165) is 26.2 Å². The van der Waals surface area contributed by atoms with Crippen LogP contribution in [0.3, 0.4) is 0 Å². The van der Waals surface area contributed by atoms with Crippen LogP contribution in [0.15, 0.2) is 42.6 Å². The average molecular weight is 396 g/mol. The molecule has 152 valence electrons. The lowest BCUT2D eigenvalue weighted by molar-refractivity contribution is -0.119. The van der Waals surface area contributed by atoms with E-state index >= 15 is 0 Å². The fourth-order valence-corrected chi connectivity index (χ4v) is 3.82. The van der Waals surface area contributed by atoms with E-state index in [9.17, 15) is 14.0 Å². The molecule has 4 rings (SSSR count). The van der Waals surface area contributed by atoms with Crippen LogP contribution >= 0.6 is 0 Å². The maximum absolute atomic E-state index is 13.4. The van der Waals surface area contributed by atoms with E-state index in [0.29, 0.717) is 22.8 Å². The van der Waals surface area contributed by atoms with Gasteiger partial charge in [-0.1, -0.05) is 12.1 Å². The van der Waals surface area contributed by atoms with Gasteiger partial charge in [0.15, 0.2) is 5.82 Å². The number of para-hydroxylation sites is 1. The fraction of sp³-hybridized carbons (Fsp3) is 0.381. The molecule has 7 nitrogen and oxygen atoms in total. The summed E-state index contributed by atoms with van der Waals surface area (Å²) in [6, 6.07) is 10.3. The molecule has 0 N–H and O–H groups in total. The van der Waals surface area contributed by atoms with Crippen molar-refractivity contribution in [2.45, 2.75) is 0 Å². The Labute approximate surface area is 169 Å². The van der Waals surface area contributed by atoms with Crippen molar-refractivity contribution in [1.29, 1.82) is 0 Å². The number of benzene rings is 1. The third-order valence-corrected chi connectivity index (χ3v) is 5.40. The molecule has 0 atom stereocenters. The van der Waals surface area contributed by atoms with E-state index < -0.39 is 6.67 Å². The predicted molar refractivity (Wildman–Crippen MR) is 109 cm³/mol. The minimum atomic E-state index is -0.683. The van der Waals surface area contributed by atoms with Crippen molar-refractivity contribution in [2.24, 2.45) is 0 Å². The lowest BCUT2D eigenvalue weighted by atomic mass is 10.1. The third-order valence-electron chi connectivity index (χ3n) is 5.40. The molecule has 0 aliphatic carbocycles. The molecule has 1 saturated heterocycles. The second kappa shape index (κ2) is 8.26. The number of likely N-dealkylation sites (N-methyl/N-ethyl adjacent to an activating group) is 1. The standard InChI is InChI=1S/C21H24FN5O2/c1-24-11-13-25(14-12-24)15-19(28)27-17-6-3-2-5-16(17)21(29)26(10-8-22)18-7-4-9-23-20(18)27/h2-7,9H,8,10-15H2,1H3/i22-1. The number of amides is 2. The van der Waals surface area contributed by atoms with E-state index in [-0.39, 0.29) is 24.9 Å². The van der Waals surface area contributed by atoms with Crippen molar-refractivity contribution >= 4 is 29.0 Å². The molecule has 1 aromatic heterocycles. The Morgan fingerprint density at radius 3 is 2.55 bits per heavy atom. The summed E-state index contributed by atoms with van der Waals surface area (Å²) in [7, 11) is 2.06. The molecule has 2 amide bonds. The highest BCUT2D eigenvalue weighted by Crippen LogP contribution is 2.39. The molecule has 29 heavy (non-hydrogen) atoms. The molecule has 1 aromatic carbocycles. The number of hydrogen-bond acceptors (Lipinski definition) is 5. The normalized spacial score (nSPS) is 17.7. The van der Waals surface area contributed by atoms with Gasteiger partial charge in [0, 0.05) is 32.4 Å². The molecular formula is C21H24FN5O2. The molecule has 0 saturated carbocycles. The number of anilines is 3. The molecule has 0 spiro atoms. The molecule has 0 radical (unpaired) electrons.